The number of nitrogens with one attached hydrogen (secondary N) is 1. The van der Waals surface area contributed by atoms with E-state index >= 15 is 0 Å². The van der Waals surface area contributed by atoms with Crippen LogP contribution in [0.15, 0.2) is 54.6 Å². The van der Waals surface area contributed by atoms with Gasteiger partial charge < -0.3 is 10.5 Å². The van der Waals surface area contributed by atoms with Gasteiger partial charge in [-0.15, -0.1) is 0 Å². The molecule has 0 aromatic heterocycles. The number of carbonyl (C=O) groups is 1. The van der Waals surface area contributed by atoms with Crippen LogP contribution in [0.1, 0.15) is 61.1 Å². The van der Waals surface area contributed by atoms with Gasteiger partial charge in [0.2, 0.25) is 0 Å². The molecule has 0 bridgehead atoms. The Balaban J connectivity index is 1.35. The summed E-state index contributed by atoms with van der Waals surface area (Å²) in [5, 5.41) is 3.28. The van der Waals surface area contributed by atoms with E-state index < -0.39 is 11.6 Å². The smallest absolute Gasteiger partial charge is 0.264 e. The summed E-state index contributed by atoms with van der Waals surface area (Å²) in [5.41, 5.74) is 8.50. The Morgan fingerprint density at radius 3 is 2.41 bits per heavy atom. The molecule has 154 valence electrons. The molecule has 1 amide bonds. The quantitative estimate of drug-likeness (QED) is 0.739. The molecule has 2 unspecified atom stereocenters. The third-order valence-corrected chi connectivity index (χ3v) is 6.56. The summed E-state index contributed by atoms with van der Waals surface area (Å²) in [5.74, 6) is 0.641. The van der Waals surface area contributed by atoms with E-state index in [1.54, 1.807) is 0 Å². The summed E-state index contributed by atoms with van der Waals surface area (Å²) in [4.78, 5) is 12.2. The maximum atomic E-state index is 12.2. The second-order valence-corrected chi connectivity index (χ2v) is 8.70. The summed E-state index contributed by atoms with van der Waals surface area (Å²) in [7, 11) is 0. The van der Waals surface area contributed by atoms with Gasteiger partial charge in [0.15, 0.2) is 5.72 Å². The number of primary amides is 1. The normalized spacial score (nSPS) is 25.2. The molecule has 1 saturated carbocycles. The van der Waals surface area contributed by atoms with Crippen LogP contribution in [0.3, 0.4) is 0 Å². The molecule has 1 aliphatic heterocycles. The molecule has 0 spiro atoms. The molecular formula is C25H32N2O2. The van der Waals surface area contributed by atoms with Crippen LogP contribution in [-0.2, 0) is 22.6 Å². The molecule has 0 radical (unpaired) electrons. The molecule has 2 aromatic carbocycles. The SMILES string of the molecule is NC(=O)C1(OCc2ccccc2)CC(Cc2ccc(C3CCCCC3)cc2)CN1. The van der Waals surface area contributed by atoms with E-state index in [-0.39, 0.29) is 0 Å². The molecule has 2 aromatic rings. The predicted molar refractivity (Wildman–Crippen MR) is 115 cm³/mol. The number of hydrogen-bond acceptors (Lipinski definition) is 3. The predicted octanol–water partition coefficient (Wildman–Crippen LogP) is 4.28. The van der Waals surface area contributed by atoms with Crippen molar-refractivity contribution in [3.8, 4) is 0 Å². The van der Waals surface area contributed by atoms with Crippen molar-refractivity contribution in [1.82, 2.24) is 5.32 Å². The molecule has 29 heavy (non-hydrogen) atoms. The van der Waals surface area contributed by atoms with Crippen molar-refractivity contribution in [3.63, 3.8) is 0 Å². The van der Waals surface area contributed by atoms with E-state index in [1.807, 2.05) is 30.3 Å². The number of nitrogens with two attached hydrogens (primary N) is 1. The second-order valence-electron chi connectivity index (χ2n) is 8.70. The Kier molecular flexibility index (Phi) is 6.31. The summed E-state index contributed by atoms with van der Waals surface area (Å²) < 4.78 is 6.02. The standard InChI is InChI=1S/C25H32N2O2/c26-24(28)25(29-18-20-7-3-1-4-8-20)16-21(17-27-25)15-19-11-13-23(14-12-19)22-9-5-2-6-10-22/h1,3-4,7-8,11-14,21-22,27H,2,5-6,9-10,15-18H2,(H2,26,28). The molecule has 2 atom stereocenters. The summed E-state index contributed by atoms with van der Waals surface area (Å²) in [6.07, 6.45) is 8.30. The third-order valence-electron chi connectivity index (χ3n) is 6.56. The maximum Gasteiger partial charge on any atom is 0.264 e. The largest absolute Gasteiger partial charge is 0.366 e. The monoisotopic (exact) mass is 392 g/mol. The molecule has 1 saturated heterocycles. The van der Waals surface area contributed by atoms with Crippen molar-refractivity contribution in [3.05, 3.63) is 71.3 Å². The lowest BCUT2D eigenvalue weighted by Gasteiger charge is -2.26. The Morgan fingerprint density at radius 2 is 1.72 bits per heavy atom. The van der Waals surface area contributed by atoms with Crippen molar-refractivity contribution in [1.29, 1.82) is 0 Å². The van der Waals surface area contributed by atoms with Gasteiger partial charge in [-0.1, -0.05) is 73.9 Å². The molecule has 2 aliphatic rings. The highest BCUT2D eigenvalue weighted by Crippen LogP contribution is 2.33. The van der Waals surface area contributed by atoms with Crippen LogP contribution in [-0.4, -0.2) is 18.2 Å². The Bertz CT molecular complexity index is 799. The highest BCUT2D eigenvalue weighted by atomic mass is 16.5. The van der Waals surface area contributed by atoms with E-state index in [0.29, 0.717) is 18.9 Å². The summed E-state index contributed by atoms with van der Waals surface area (Å²) in [6, 6.07) is 19.0. The number of carbonyl (C=O) groups excluding carboxylic acids is 1. The minimum Gasteiger partial charge on any atom is -0.366 e. The van der Waals surface area contributed by atoms with E-state index in [4.69, 9.17) is 10.5 Å². The van der Waals surface area contributed by atoms with Gasteiger partial charge in [0.25, 0.3) is 5.91 Å². The van der Waals surface area contributed by atoms with E-state index in [1.165, 1.54) is 43.2 Å². The number of rotatable bonds is 7. The van der Waals surface area contributed by atoms with Gasteiger partial charge in [0, 0.05) is 13.0 Å². The highest BCUT2D eigenvalue weighted by molar-refractivity contribution is 5.83. The molecule has 1 aliphatic carbocycles. The van der Waals surface area contributed by atoms with Gasteiger partial charge in [-0.2, -0.15) is 0 Å². The van der Waals surface area contributed by atoms with Crippen LogP contribution in [0, 0.1) is 5.92 Å². The van der Waals surface area contributed by atoms with Crippen LogP contribution in [0.2, 0.25) is 0 Å². The van der Waals surface area contributed by atoms with Crippen LogP contribution in [0.25, 0.3) is 0 Å². The first-order chi connectivity index (χ1) is 14.1. The lowest BCUT2D eigenvalue weighted by molar-refractivity contribution is -0.149. The number of amides is 1. The van der Waals surface area contributed by atoms with E-state index in [2.05, 4.69) is 29.6 Å². The van der Waals surface area contributed by atoms with Gasteiger partial charge in [-0.25, -0.2) is 0 Å². The Hall–Kier alpha value is -2.17. The van der Waals surface area contributed by atoms with Crippen molar-refractivity contribution >= 4 is 5.91 Å². The topological polar surface area (TPSA) is 64.4 Å². The maximum absolute atomic E-state index is 12.2. The summed E-state index contributed by atoms with van der Waals surface area (Å²) in [6.45, 7) is 1.11. The zero-order valence-electron chi connectivity index (χ0n) is 17.1. The van der Waals surface area contributed by atoms with Gasteiger partial charge >= 0.3 is 0 Å². The van der Waals surface area contributed by atoms with Crippen LogP contribution in [0.4, 0.5) is 0 Å². The number of ether oxygens (including phenoxy) is 1. The van der Waals surface area contributed by atoms with Crippen LogP contribution < -0.4 is 11.1 Å². The molecule has 4 heteroatoms. The number of hydrogen-bond donors (Lipinski definition) is 2. The van der Waals surface area contributed by atoms with E-state index in [0.717, 1.165) is 24.4 Å². The Labute approximate surface area is 173 Å². The fraction of sp³-hybridized carbons (Fsp3) is 0.480. The first-order valence-corrected chi connectivity index (χ1v) is 11.0. The first kappa shape index (κ1) is 20.1. The average Bonchev–Trinajstić information content (AvgIpc) is 3.18. The molecule has 1 heterocycles. The van der Waals surface area contributed by atoms with Crippen molar-refractivity contribution < 1.29 is 9.53 Å². The Morgan fingerprint density at radius 1 is 1.00 bits per heavy atom. The molecule has 2 fully saturated rings. The third kappa shape index (κ3) is 4.88. The molecule has 3 N–H and O–H groups in total. The highest BCUT2D eigenvalue weighted by Gasteiger charge is 2.45. The minimum absolute atomic E-state index is 0.332. The molecular weight excluding hydrogens is 360 g/mol. The number of benzene rings is 2. The molecule has 4 nitrogen and oxygen atoms in total. The van der Waals surface area contributed by atoms with Crippen LogP contribution in [0.5, 0.6) is 0 Å². The van der Waals surface area contributed by atoms with Gasteiger partial charge in [0.1, 0.15) is 0 Å². The van der Waals surface area contributed by atoms with Gasteiger partial charge in [-0.3, -0.25) is 10.1 Å². The zero-order valence-corrected chi connectivity index (χ0v) is 17.1. The van der Waals surface area contributed by atoms with Crippen molar-refractivity contribution in [2.24, 2.45) is 11.7 Å². The van der Waals surface area contributed by atoms with E-state index in [9.17, 15) is 4.79 Å². The first-order valence-electron chi connectivity index (χ1n) is 11.0. The minimum atomic E-state index is -1.07. The average molecular weight is 393 g/mol. The van der Waals surface area contributed by atoms with Gasteiger partial charge in [-0.05, 0) is 47.8 Å². The van der Waals surface area contributed by atoms with Crippen LogP contribution >= 0.6 is 0 Å². The summed E-state index contributed by atoms with van der Waals surface area (Å²) >= 11 is 0. The zero-order chi connectivity index (χ0) is 20.1. The lowest BCUT2D eigenvalue weighted by atomic mass is 9.83. The fourth-order valence-corrected chi connectivity index (χ4v) is 4.85. The van der Waals surface area contributed by atoms with Crippen molar-refractivity contribution in [2.45, 2.75) is 63.2 Å². The lowest BCUT2D eigenvalue weighted by Crippen LogP contribution is -2.53. The second kappa shape index (κ2) is 9.10. The fourth-order valence-electron chi connectivity index (χ4n) is 4.85. The van der Waals surface area contributed by atoms with Gasteiger partial charge in [0.05, 0.1) is 6.61 Å². The molecule has 4 rings (SSSR count). The van der Waals surface area contributed by atoms with Crippen molar-refractivity contribution in [2.75, 3.05) is 6.54 Å².